The number of ether oxygens (including phenoxy) is 1. The lowest BCUT2D eigenvalue weighted by Gasteiger charge is -2.37. The van der Waals surface area contributed by atoms with Crippen LogP contribution in [0.4, 0.5) is 0 Å². The van der Waals surface area contributed by atoms with Crippen LogP contribution in [0.1, 0.15) is 25.7 Å². The van der Waals surface area contributed by atoms with Crippen LogP contribution in [0.5, 0.6) is 0 Å². The minimum atomic E-state index is -3.53. The molecule has 0 aromatic carbocycles. The summed E-state index contributed by atoms with van der Waals surface area (Å²) in [5.41, 5.74) is 5.34. The van der Waals surface area contributed by atoms with Crippen LogP contribution in [-0.4, -0.2) is 75.9 Å². The van der Waals surface area contributed by atoms with Crippen molar-refractivity contribution in [3.63, 3.8) is 0 Å². The Morgan fingerprint density at radius 1 is 1.45 bits per heavy atom. The summed E-state index contributed by atoms with van der Waals surface area (Å²) >= 11 is 0. The highest BCUT2D eigenvalue weighted by atomic mass is 32.2. The molecule has 1 unspecified atom stereocenters. The van der Waals surface area contributed by atoms with Crippen molar-refractivity contribution in [2.45, 2.75) is 31.7 Å². The molecule has 130 valence electrons. The molecule has 8 nitrogen and oxygen atoms in total. The van der Waals surface area contributed by atoms with E-state index in [1.807, 2.05) is 0 Å². The number of likely N-dealkylation sites (N-methyl/N-ethyl adjacent to an activating group) is 1. The van der Waals surface area contributed by atoms with Gasteiger partial charge in [0.05, 0.1) is 6.61 Å². The molecule has 1 aliphatic rings. The third-order valence-electron chi connectivity index (χ3n) is 3.78. The smallest absolute Gasteiger partial charge is 0.282 e. The number of hydrogen-bond donors (Lipinski definition) is 2. The molecule has 1 fully saturated rings. The van der Waals surface area contributed by atoms with Crippen LogP contribution in [-0.2, 0) is 19.7 Å². The summed E-state index contributed by atoms with van der Waals surface area (Å²) in [6.45, 7) is 1.76. The van der Waals surface area contributed by atoms with Crippen LogP contribution in [0.25, 0.3) is 0 Å². The number of nitrogens with one attached hydrogen (secondary N) is 1. The molecule has 9 heteroatoms. The highest BCUT2D eigenvalue weighted by molar-refractivity contribution is 7.86. The molecule has 0 bridgehead atoms. The normalized spacial score (nSPS) is 20.3. The lowest BCUT2D eigenvalue weighted by molar-refractivity contribution is -0.121. The van der Waals surface area contributed by atoms with E-state index in [2.05, 4.69) is 5.32 Å². The van der Waals surface area contributed by atoms with E-state index < -0.39 is 10.2 Å². The molecule has 0 aliphatic carbocycles. The molecule has 1 heterocycles. The number of rotatable bonds is 9. The Hall–Kier alpha value is -0.740. The third-order valence-corrected chi connectivity index (χ3v) is 5.82. The summed E-state index contributed by atoms with van der Waals surface area (Å²) in [6, 6.07) is -0.203. The van der Waals surface area contributed by atoms with Gasteiger partial charge in [-0.2, -0.15) is 17.0 Å². The molecule has 0 aromatic rings. The van der Waals surface area contributed by atoms with E-state index in [1.165, 1.54) is 15.7 Å². The molecule has 0 aromatic heterocycles. The van der Waals surface area contributed by atoms with Crippen molar-refractivity contribution < 1.29 is 17.9 Å². The Labute approximate surface area is 133 Å². The van der Waals surface area contributed by atoms with E-state index in [4.69, 9.17) is 10.5 Å². The lowest BCUT2D eigenvalue weighted by Crippen LogP contribution is -2.53. The molecule has 1 rings (SSSR count). The van der Waals surface area contributed by atoms with Gasteiger partial charge in [-0.3, -0.25) is 4.79 Å². The molecule has 22 heavy (non-hydrogen) atoms. The summed E-state index contributed by atoms with van der Waals surface area (Å²) < 4.78 is 33.0. The van der Waals surface area contributed by atoms with Crippen molar-refractivity contribution in [2.24, 2.45) is 5.73 Å². The largest absolute Gasteiger partial charge is 0.383 e. The summed E-state index contributed by atoms with van der Waals surface area (Å²) in [4.78, 5) is 11.5. The van der Waals surface area contributed by atoms with Crippen molar-refractivity contribution in [3.8, 4) is 0 Å². The molecule has 0 spiro atoms. The molecule has 3 N–H and O–H groups in total. The van der Waals surface area contributed by atoms with Gasteiger partial charge in [-0.1, -0.05) is 6.42 Å². The summed E-state index contributed by atoms with van der Waals surface area (Å²) in [6.07, 6.45) is 2.81. The van der Waals surface area contributed by atoms with E-state index in [9.17, 15) is 13.2 Å². The second kappa shape index (κ2) is 9.41. The fourth-order valence-electron chi connectivity index (χ4n) is 2.45. The molecule has 1 atom stereocenters. The van der Waals surface area contributed by atoms with Gasteiger partial charge in [0.1, 0.15) is 0 Å². The van der Waals surface area contributed by atoms with Gasteiger partial charge in [0.15, 0.2) is 0 Å². The van der Waals surface area contributed by atoms with Crippen LogP contribution < -0.4 is 11.1 Å². The second-order valence-electron chi connectivity index (χ2n) is 5.43. The molecule has 1 saturated heterocycles. The van der Waals surface area contributed by atoms with Crippen LogP contribution in [0.2, 0.25) is 0 Å². The maximum atomic E-state index is 12.6. The van der Waals surface area contributed by atoms with Gasteiger partial charge in [-0.15, -0.1) is 0 Å². The van der Waals surface area contributed by atoms with Gasteiger partial charge in [0, 0.05) is 52.8 Å². The van der Waals surface area contributed by atoms with Crippen LogP contribution in [0.15, 0.2) is 0 Å². The standard InChI is InChI=1S/C13H28N4O4S/c1-16(9-10-21-2)22(19,20)17-8-4-3-5-12(17)11-15-13(18)6-7-14/h12H,3-11,14H2,1-2H3,(H,15,18). The topological polar surface area (TPSA) is 105 Å². The summed E-state index contributed by atoms with van der Waals surface area (Å²) in [5, 5.41) is 2.77. The predicted molar refractivity (Wildman–Crippen MR) is 84.5 cm³/mol. The first kappa shape index (κ1) is 19.3. The number of carbonyl (C=O) groups is 1. The van der Waals surface area contributed by atoms with Gasteiger partial charge >= 0.3 is 0 Å². The second-order valence-corrected chi connectivity index (χ2v) is 7.41. The number of nitrogens with zero attached hydrogens (tertiary/aromatic N) is 2. The monoisotopic (exact) mass is 336 g/mol. The fraction of sp³-hybridized carbons (Fsp3) is 0.923. The van der Waals surface area contributed by atoms with Crippen molar-refractivity contribution in [2.75, 3.05) is 46.9 Å². The Balaban J connectivity index is 2.69. The van der Waals surface area contributed by atoms with Crippen molar-refractivity contribution >= 4 is 16.1 Å². The number of hydrogen-bond acceptors (Lipinski definition) is 5. The number of nitrogens with two attached hydrogens (primary N) is 1. The third kappa shape index (κ3) is 5.47. The minimum Gasteiger partial charge on any atom is -0.383 e. The average molecular weight is 336 g/mol. The fourth-order valence-corrected chi connectivity index (χ4v) is 4.03. The molecule has 0 saturated carbocycles. The average Bonchev–Trinajstić information content (AvgIpc) is 2.51. The summed E-state index contributed by atoms with van der Waals surface area (Å²) in [7, 11) is -0.446. The Morgan fingerprint density at radius 2 is 2.18 bits per heavy atom. The van der Waals surface area contributed by atoms with E-state index in [-0.39, 0.29) is 24.9 Å². The van der Waals surface area contributed by atoms with E-state index in [0.717, 1.165) is 19.3 Å². The Morgan fingerprint density at radius 3 is 2.82 bits per heavy atom. The highest BCUT2D eigenvalue weighted by Gasteiger charge is 2.34. The van der Waals surface area contributed by atoms with Crippen LogP contribution in [0.3, 0.4) is 0 Å². The molecular formula is C13H28N4O4S. The van der Waals surface area contributed by atoms with E-state index in [0.29, 0.717) is 26.2 Å². The molecule has 0 radical (unpaired) electrons. The number of piperidine rings is 1. The SMILES string of the molecule is COCCN(C)S(=O)(=O)N1CCCCC1CNC(=O)CCN. The first-order valence-electron chi connectivity index (χ1n) is 7.62. The first-order chi connectivity index (χ1) is 10.4. The zero-order valence-corrected chi connectivity index (χ0v) is 14.3. The quantitative estimate of drug-likeness (QED) is 0.569. The van der Waals surface area contributed by atoms with E-state index >= 15 is 0 Å². The zero-order valence-electron chi connectivity index (χ0n) is 13.5. The van der Waals surface area contributed by atoms with Gasteiger partial charge in [-0.05, 0) is 12.8 Å². The molecule has 1 amide bonds. The van der Waals surface area contributed by atoms with Gasteiger partial charge in [0.2, 0.25) is 5.91 Å². The predicted octanol–water partition coefficient (Wildman–Crippen LogP) is -0.871. The number of methoxy groups -OCH3 is 1. The Kier molecular flexibility index (Phi) is 8.26. The zero-order chi connectivity index (χ0) is 16.6. The van der Waals surface area contributed by atoms with Crippen LogP contribution in [0, 0.1) is 0 Å². The van der Waals surface area contributed by atoms with Crippen molar-refractivity contribution in [1.29, 1.82) is 0 Å². The van der Waals surface area contributed by atoms with Gasteiger partial charge in [-0.25, -0.2) is 0 Å². The number of carbonyl (C=O) groups excluding carboxylic acids is 1. The van der Waals surface area contributed by atoms with Gasteiger partial charge < -0.3 is 15.8 Å². The number of amides is 1. The summed E-state index contributed by atoms with van der Waals surface area (Å²) in [5.74, 6) is -0.141. The lowest BCUT2D eigenvalue weighted by atomic mass is 10.1. The Bertz CT molecular complexity index is 443. The molecular weight excluding hydrogens is 308 g/mol. The van der Waals surface area contributed by atoms with Crippen molar-refractivity contribution in [1.82, 2.24) is 13.9 Å². The highest BCUT2D eigenvalue weighted by Crippen LogP contribution is 2.21. The molecule has 1 aliphatic heterocycles. The first-order valence-corrected chi connectivity index (χ1v) is 9.02. The minimum absolute atomic E-state index is 0.141. The van der Waals surface area contributed by atoms with Crippen molar-refractivity contribution in [3.05, 3.63) is 0 Å². The maximum Gasteiger partial charge on any atom is 0.282 e. The van der Waals surface area contributed by atoms with E-state index in [1.54, 1.807) is 7.05 Å². The van der Waals surface area contributed by atoms with Gasteiger partial charge in [0.25, 0.3) is 10.2 Å². The van der Waals surface area contributed by atoms with Crippen LogP contribution >= 0.6 is 0 Å². The maximum absolute atomic E-state index is 12.6.